The molecule has 5 heteroatoms. The van der Waals surface area contributed by atoms with Crippen LogP contribution >= 0.6 is 0 Å². The van der Waals surface area contributed by atoms with Gasteiger partial charge in [-0.25, -0.2) is 0 Å². The van der Waals surface area contributed by atoms with Crippen LogP contribution in [-0.4, -0.2) is 41.8 Å². The second-order valence-corrected chi connectivity index (χ2v) is 5.32. The molecule has 0 radical (unpaired) electrons. The molecule has 1 aromatic heterocycles. The third-order valence-electron chi connectivity index (χ3n) is 3.59. The molecule has 1 aromatic carbocycles. The van der Waals surface area contributed by atoms with Crippen molar-refractivity contribution < 1.29 is 9.15 Å². The largest absolute Gasteiger partial charge is 0.449 e. The fraction of sp³-hybridized carbons (Fsp3) is 0.467. The molecule has 20 heavy (non-hydrogen) atoms. The second kappa shape index (κ2) is 6.05. The molecule has 1 unspecified atom stereocenters. The van der Waals surface area contributed by atoms with Gasteiger partial charge in [-0.1, -0.05) is 23.3 Å². The molecule has 106 valence electrons. The maximum atomic E-state index is 5.63. The van der Waals surface area contributed by atoms with Crippen molar-refractivity contribution in [1.82, 2.24) is 15.1 Å². The molecule has 0 saturated carbocycles. The molecule has 2 heterocycles. The van der Waals surface area contributed by atoms with Gasteiger partial charge in [0.15, 0.2) is 0 Å². The Hall–Kier alpha value is -1.88. The van der Waals surface area contributed by atoms with E-state index in [9.17, 15) is 0 Å². The first-order valence-electron chi connectivity index (χ1n) is 7.01. The summed E-state index contributed by atoms with van der Waals surface area (Å²) in [5.41, 5.74) is 0.909. The Morgan fingerprint density at radius 3 is 2.95 bits per heavy atom. The van der Waals surface area contributed by atoms with E-state index in [1.807, 2.05) is 30.3 Å². The van der Waals surface area contributed by atoms with E-state index in [0.29, 0.717) is 18.4 Å². The number of ether oxygens (including phenoxy) is 1. The summed E-state index contributed by atoms with van der Waals surface area (Å²) in [6.07, 6.45) is 2.69. The Bertz CT molecular complexity index is 541. The minimum absolute atomic E-state index is 0.261. The van der Waals surface area contributed by atoms with Gasteiger partial charge in [0.2, 0.25) is 0 Å². The Labute approximate surface area is 118 Å². The van der Waals surface area contributed by atoms with Gasteiger partial charge in [0, 0.05) is 18.0 Å². The topological polar surface area (TPSA) is 51.4 Å². The van der Waals surface area contributed by atoms with Crippen molar-refractivity contribution in [3.05, 3.63) is 30.3 Å². The van der Waals surface area contributed by atoms with Crippen LogP contribution in [0.5, 0.6) is 6.08 Å². The summed E-state index contributed by atoms with van der Waals surface area (Å²) < 4.78 is 11.2. The average Bonchev–Trinajstić information content (AvgIpc) is 2.95. The van der Waals surface area contributed by atoms with Crippen LogP contribution in [0.15, 0.2) is 34.7 Å². The highest BCUT2D eigenvalue weighted by Crippen LogP contribution is 2.22. The molecule has 1 aliphatic heterocycles. The first-order chi connectivity index (χ1) is 9.81. The lowest BCUT2D eigenvalue weighted by atomic mass is 10.00. The molecule has 1 atom stereocenters. The van der Waals surface area contributed by atoms with Crippen LogP contribution in [0, 0.1) is 5.92 Å². The van der Waals surface area contributed by atoms with E-state index < -0.39 is 0 Å². The summed E-state index contributed by atoms with van der Waals surface area (Å²) >= 11 is 0. The molecule has 1 aliphatic rings. The monoisotopic (exact) mass is 273 g/mol. The van der Waals surface area contributed by atoms with Gasteiger partial charge in [-0.2, -0.15) is 0 Å². The molecule has 0 amide bonds. The Balaban J connectivity index is 1.58. The maximum Gasteiger partial charge on any atom is 0.414 e. The molecule has 2 aromatic rings. The van der Waals surface area contributed by atoms with Gasteiger partial charge >= 0.3 is 6.08 Å². The molecule has 1 fully saturated rings. The number of rotatable bonds is 4. The summed E-state index contributed by atoms with van der Waals surface area (Å²) in [6.45, 7) is 2.88. The number of aromatic nitrogens is 2. The number of benzene rings is 1. The van der Waals surface area contributed by atoms with Crippen LogP contribution in [-0.2, 0) is 0 Å². The zero-order valence-corrected chi connectivity index (χ0v) is 11.7. The van der Waals surface area contributed by atoms with Crippen LogP contribution < -0.4 is 4.74 Å². The third kappa shape index (κ3) is 3.17. The fourth-order valence-corrected chi connectivity index (χ4v) is 2.56. The van der Waals surface area contributed by atoms with E-state index in [1.165, 1.54) is 19.4 Å². The van der Waals surface area contributed by atoms with Crippen molar-refractivity contribution in [2.75, 3.05) is 26.7 Å². The van der Waals surface area contributed by atoms with Gasteiger partial charge in [0.25, 0.3) is 5.89 Å². The van der Waals surface area contributed by atoms with Gasteiger partial charge in [0.05, 0.1) is 6.61 Å². The van der Waals surface area contributed by atoms with Crippen molar-refractivity contribution in [3.8, 4) is 17.5 Å². The number of piperidine rings is 1. The lowest BCUT2D eigenvalue weighted by Gasteiger charge is -2.28. The molecule has 1 saturated heterocycles. The first kappa shape index (κ1) is 13.1. The normalized spacial score (nSPS) is 19.9. The van der Waals surface area contributed by atoms with Crippen molar-refractivity contribution in [3.63, 3.8) is 0 Å². The predicted molar refractivity (Wildman–Crippen MR) is 75.5 cm³/mol. The van der Waals surface area contributed by atoms with Crippen LogP contribution in [0.3, 0.4) is 0 Å². The number of likely N-dealkylation sites (tertiary alicyclic amines) is 1. The van der Waals surface area contributed by atoms with Crippen molar-refractivity contribution in [2.24, 2.45) is 5.92 Å². The van der Waals surface area contributed by atoms with Crippen LogP contribution in [0.4, 0.5) is 0 Å². The van der Waals surface area contributed by atoms with Gasteiger partial charge in [-0.3, -0.25) is 0 Å². The number of hydrogen-bond acceptors (Lipinski definition) is 5. The standard InChI is InChI=1S/C15H19N3O2/c1-18-9-5-6-12(10-18)11-19-15-17-16-14(20-15)13-7-3-2-4-8-13/h2-4,7-8,12H,5-6,9-11H2,1H3. The summed E-state index contributed by atoms with van der Waals surface area (Å²) in [6, 6.07) is 9.72. The Morgan fingerprint density at radius 1 is 1.30 bits per heavy atom. The number of hydrogen-bond donors (Lipinski definition) is 0. The zero-order chi connectivity index (χ0) is 13.8. The molecule has 0 bridgehead atoms. The molecule has 3 rings (SSSR count). The molecule has 0 aliphatic carbocycles. The van der Waals surface area contributed by atoms with Gasteiger partial charge < -0.3 is 14.1 Å². The summed E-state index contributed by atoms with van der Waals surface area (Å²) in [4.78, 5) is 2.33. The fourth-order valence-electron chi connectivity index (χ4n) is 2.56. The maximum absolute atomic E-state index is 5.63. The van der Waals surface area contributed by atoms with E-state index in [4.69, 9.17) is 9.15 Å². The molecular weight excluding hydrogens is 254 g/mol. The highest BCUT2D eigenvalue weighted by atomic mass is 16.6. The Morgan fingerprint density at radius 2 is 2.15 bits per heavy atom. The summed E-state index contributed by atoms with van der Waals surface area (Å²) in [5, 5.41) is 7.96. The summed E-state index contributed by atoms with van der Waals surface area (Å²) in [7, 11) is 2.15. The first-order valence-corrected chi connectivity index (χ1v) is 7.01. The van der Waals surface area contributed by atoms with Crippen LogP contribution in [0.1, 0.15) is 12.8 Å². The van der Waals surface area contributed by atoms with E-state index >= 15 is 0 Å². The van der Waals surface area contributed by atoms with E-state index in [-0.39, 0.29) is 6.08 Å². The third-order valence-corrected chi connectivity index (χ3v) is 3.59. The number of nitrogens with zero attached hydrogens (tertiary/aromatic N) is 3. The minimum atomic E-state index is 0.261. The van der Waals surface area contributed by atoms with E-state index in [2.05, 4.69) is 22.1 Å². The highest BCUT2D eigenvalue weighted by Gasteiger charge is 2.19. The lowest BCUT2D eigenvalue weighted by molar-refractivity contribution is 0.128. The average molecular weight is 273 g/mol. The van der Waals surface area contributed by atoms with Crippen molar-refractivity contribution in [2.45, 2.75) is 12.8 Å². The van der Waals surface area contributed by atoms with Crippen LogP contribution in [0.2, 0.25) is 0 Å². The van der Waals surface area contributed by atoms with Crippen molar-refractivity contribution in [1.29, 1.82) is 0 Å². The van der Waals surface area contributed by atoms with E-state index in [1.54, 1.807) is 0 Å². The quantitative estimate of drug-likeness (QED) is 0.856. The second-order valence-electron chi connectivity index (χ2n) is 5.32. The smallest absolute Gasteiger partial charge is 0.414 e. The molecular formula is C15H19N3O2. The Kier molecular flexibility index (Phi) is 3.97. The van der Waals surface area contributed by atoms with Gasteiger partial charge in [-0.05, 0) is 38.6 Å². The van der Waals surface area contributed by atoms with Crippen LogP contribution in [0.25, 0.3) is 11.5 Å². The minimum Gasteiger partial charge on any atom is -0.449 e. The van der Waals surface area contributed by atoms with E-state index in [0.717, 1.165) is 12.1 Å². The van der Waals surface area contributed by atoms with Gasteiger partial charge in [0.1, 0.15) is 0 Å². The summed E-state index contributed by atoms with van der Waals surface area (Å²) in [5.74, 6) is 1.04. The zero-order valence-electron chi connectivity index (χ0n) is 11.7. The SMILES string of the molecule is CN1CCCC(COc2nnc(-c3ccccc3)o2)C1. The molecule has 5 nitrogen and oxygen atoms in total. The highest BCUT2D eigenvalue weighted by molar-refractivity contribution is 5.51. The predicted octanol–water partition coefficient (Wildman–Crippen LogP) is 2.46. The molecule has 0 N–H and O–H groups in total. The van der Waals surface area contributed by atoms with Gasteiger partial charge in [-0.15, -0.1) is 5.10 Å². The van der Waals surface area contributed by atoms with Crippen molar-refractivity contribution >= 4 is 0 Å². The molecule has 0 spiro atoms. The lowest BCUT2D eigenvalue weighted by Crippen LogP contribution is -2.34.